The first-order chi connectivity index (χ1) is 7.54. The predicted molar refractivity (Wildman–Crippen MR) is 66.3 cm³/mol. The molecule has 3 heteroatoms. The fraction of sp³-hybridized carbons (Fsp3) is 0.462. The van der Waals surface area contributed by atoms with Crippen molar-refractivity contribution in [1.82, 2.24) is 0 Å². The van der Waals surface area contributed by atoms with E-state index in [1.807, 2.05) is 12.1 Å². The molecule has 0 saturated carbocycles. The van der Waals surface area contributed by atoms with Crippen molar-refractivity contribution in [3.05, 3.63) is 28.8 Å². The molecule has 0 bridgehead atoms. The highest BCUT2D eigenvalue weighted by molar-refractivity contribution is 6.63. The molecule has 1 aromatic rings. The van der Waals surface area contributed by atoms with Crippen LogP contribution < -0.4 is 4.74 Å². The lowest BCUT2D eigenvalue weighted by atomic mass is 9.97. The minimum atomic E-state index is -0.260. The highest BCUT2D eigenvalue weighted by Gasteiger charge is 2.06. The van der Waals surface area contributed by atoms with E-state index in [-0.39, 0.29) is 5.24 Å². The molecule has 0 spiro atoms. The topological polar surface area (TPSA) is 26.3 Å². The van der Waals surface area contributed by atoms with Gasteiger partial charge >= 0.3 is 0 Å². The second kappa shape index (κ2) is 5.90. The van der Waals surface area contributed by atoms with Gasteiger partial charge in [0, 0.05) is 6.42 Å². The number of carbonyl (C=O) groups excluding carboxylic acids is 1. The average molecular weight is 241 g/mol. The molecule has 16 heavy (non-hydrogen) atoms. The quantitative estimate of drug-likeness (QED) is 0.738. The van der Waals surface area contributed by atoms with Gasteiger partial charge in [0.15, 0.2) is 0 Å². The second-order valence-corrected chi connectivity index (χ2v) is 4.37. The molecule has 0 fully saturated rings. The number of carbonyl (C=O) groups is 1. The van der Waals surface area contributed by atoms with Gasteiger partial charge in [0.2, 0.25) is 5.24 Å². The van der Waals surface area contributed by atoms with E-state index in [2.05, 4.69) is 13.8 Å². The molecule has 0 heterocycles. The van der Waals surface area contributed by atoms with Crippen molar-refractivity contribution in [3.63, 3.8) is 0 Å². The third kappa shape index (κ3) is 3.53. The van der Waals surface area contributed by atoms with E-state index in [9.17, 15) is 4.79 Å². The van der Waals surface area contributed by atoms with Gasteiger partial charge in [-0.05, 0) is 67.1 Å². The Kier molecular flexibility index (Phi) is 4.81. The number of benzene rings is 1. The first-order valence-corrected chi connectivity index (χ1v) is 5.75. The van der Waals surface area contributed by atoms with E-state index in [0.717, 1.165) is 18.6 Å². The lowest BCUT2D eigenvalue weighted by molar-refractivity contribution is -0.111. The number of hydrogen-bond acceptors (Lipinski definition) is 2. The van der Waals surface area contributed by atoms with Crippen LogP contribution in [0.5, 0.6) is 5.75 Å². The third-order valence-electron chi connectivity index (χ3n) is 2.71. The van der Waals surface area contributed by atoms with E-state index < -0.39 is 0 Å². The maximum atomic E-state index is 10.6. The summed E-state index contributed by atoms with van der Waals surface area (Å²) in [5.41, 5.74) is 3.71. The molecule has 0 atom stereocenters. The van der Waals surface area contributed by atoms with Gasteiger partial charge in [0.1, 0.15) is 5.75 Å². The Morgan fingerprint density at radius 2 is 1.88 bits per heavy atom. The van der Waals surface area contributed by atoms with Gasteiger partial charge in [-0.25, -0.2) is 0 Å². The van der Waals surface area contributed by atoms with Crippen LogP contribution in [0.1, 0.15) is 29.5 Å². The molecule has 88 valence electrons. The van der Waals surface area contributed by atoms with Crippen LogP contribution in [0.4, 0.5) is 0 Å². The SMILES string of the molecule is COc1cc(C)c(CCCC(=O)Cl)c(C)c1. The maximum absolute atomic E-state index is 10.6. The standard InChI is InChI=1S/C13H17ClO2/c1-9-7-11(16-3)8-10(2)12(9)5-4-6-13(14)15/h7-8H,4-6H2,1-3H3. The Hall–Kier alpha value is -1.02. The van der Waals surface area contributed by atoms with Crippen LogP contribution in [0.15, 0.2) is 12.1 Å². The van der Waals surface area contributed by atoms with Gasteiger partial charge in [-0.15, -0.1) is 0 Å². The van der Waals surface area contributed by atoms with Crippen molar-refractivity contribution in [1.29, 1.82) is 0 Å². The van der Waals surface area contributed by atoms with Gasteiger partial charge in [-0.1, -0.05) is 0 Å². The first-order valence-electron chi connectivity index (χ1n) is 5.37. The van der Waals surface area contributed by atoms with Crippen molar-refractivity contribution in [2.75, 3.05) is 7.11 Å². The zero-order valence-corrected chi connectivity index (χ0v) is 10.7. The van der Waals surface area contributed by atoms with Crippen molar-refractivity contribution in [3.8, 4) is 5.75 Å². The van der Waals surface area contributed by atoms with E-state index in [1.165, 1.54) is 16.7 Å². The molecular weight excluding hydrogens is 224 g/mol. The van der Waals surface area contributed by atoms with Crippen LogP contribution in [-0.4, -0.2) is 12.4 Å². The summed E-state index contributed by atoms with van der Waals surface area (Å²) in [4.78, 5) is 10.6. The Balaban J connectivity index is 2.76. The number of aryl methyl sites for hydroxylation is 2. The molecule has 0 N–H and O–H groups in total. The zero-order valence-electron chi connectivity index (χ0n) is 9.97. The zero-order chi connectivity index (χ0) is 12.1. The Labute approximate surface area is 102 Å². The minimum absolute atomic E-state index is 0.260. The summed E-state index contributed by atoms with van der Waals surface area (Å²) in [5.74, 6) is 0.882. The number of ether oxygens (including phenoxy) is 1. The van der Waals surface area contributed by atoms with Crippen molar-refractivity contribution >= 4 is 16.8 Å². The molecule has 0 saturated heterocycles. The van der Waals surface area contributed by atoms with E-state index in [0.29, 0.717) is 6.42 Å². The molecule has 0 aromatic heterocycles. The van der Waals surface area contributed by atoms with Crippen LogP contribution in [0.25, 0.3) is 0 Å². The van der Waals surface area contributed by atoms with E-state index >= 15 is 0 Å². The molecule has 0 unspecified atom stereocenters. The first kappa shape index (κ1) is 13.0. The monoisotopic (exact) mass is 240 g/mol. The number of rotatable bonds is 5. The molecule has 0 aliphatic rings. The van der Waals surface area contributed by atoms with E-state index in [1.54, 1.807) is 7.11 Å². The van der Waals surface area contributed by atoms with Gasteiger partial charge in [0.25, 0.3) is 0 Å². The molecule has 0 amide bonds. The maximum Gasteiger partial charge on any atom is 0.221 e. The molecular formula is C13H17ClO2. The molecule has 0 aliphatic carbocycles. The van der Waals surface area contributed by atoms with Gasteiger partial charge in [-0.2, -0.15) is 0 Å². The summed E-state index contributed by atoms with van der Waals surface area (Å²) in [6.45, 7) is 4.13. The summed E-state index contributed by atoms with van der Waals surface area (Å²) in [7, 11) is 1.67. The lowest BCUT2D eigenvalue weighted by Crippen LogP contribution is -1.97. The number of methoxy groups -OCH3 is 1. The fourth-order valence-corrected chi connectivity index (χ4v) is 2.00. The van der Waals surface area contributed by atoms with Crippen LogP contribution in [0.2, 0.25) is 0 Å². The minimum Gasteiger partial charge on any atom is -0.497 e. The summed E-state index contributed by atoms with van der Waals surface area (Å²) in [5, 5.41) is -0.260. The highest BCUT2D eigenvalue weighted by Crippen LogP contribution is 2.23. The lowest BCUT2D eigenvalue weighted by Gasteiger charge is -2.11. The Bertz CT molecular complexity index is 363. The van der Waals surface area contributed by atoms with Crippen LogP contribution in [-0.2, 0) is 11.2 Å². The summed E-state index contributed by atoms with van der Waals surface area (Å²) in [6, 6.07) is 4.04. The number of hydrogen-bond donors (Lipinski definition) is 0. The highest BCUT2D eigenvalue weighted by atomic mass is 35.5. The van der Waals surface area contributed by atoms with Gasteiger partial charge < -0.3 is 4.74 Å². The fourth-order valence-electron chi connectivity index (χ4n) is 1.87. The second-order valence-electron chi connectivity index (χ2n) is 3.95. The molecule has 2 nitrogen and oxygen atoms in total. The third-order valence-corrected chi connectivity index (χ3v) is 2.89. The van der Waals surface area contributed by atoms with Crippen molar-refractivity contribution in [2.45, 2.75) is 33.1 Å². The van der Waals surface area contributed by atoms with E-state index in [4.69, 9.17) is 16.3 Å². The largest absolute Gasteiger partial charge is 0.497 e. The van der Waals surface area contributed by atoms with Gasteiger partial charge in [-0.3, -0.25) is 4.79 Å². The summed E-state index contributed by atoms with van der Waals surface area (Å²) < 4.78 is 5.20. The van der Waals surface area contributed by atoms with Crippen LogP contribution in [0, 0.1) is 13.8 Å². The Morgan fingerprint density at radius 1 is 1.31 bits per heavy atom. The molecule has 0 radical (unpaired) electrons. The normalized spacial score (nSPS) is 10.2. The van der Waals surface area contributed by atoms with Crippen molar-refractivity contribution < 1.29 is 9.53 Å². The van der Waals surface area contributed by atoms with Crippen LogP contribution >= 0.6 is 11.6 Å². The predicted octanol–water partition coefficient (Wildman–Crippen LogP) is 3.40. The summed E-state index contributed by atoms with van der Waals surface area (Å²) >= 11 is 5.31. The average Bonchev–Trinajstić information content (AvgIpc) is 2.21. The van der Waals surface area contributed by atoms with Crippen molar-refractivity contribution in [2.24, 2.45) is 0 Å². The van der Waals surface area contributed by atoms with Gasteiger partial charge in [0.05, 0.1) is 7.11 Å². The summed E-state index contributed by atoms with van der Waals surface area (Å²) in [6.07, 6.45) is 2.13. The molecule has 0 aliphatic heterocycles. The Morgan fingerprint density at radius 3 is 2.31 bits per heavy atom. The molecule has 1 rings (SSSR count). The molecule has 1 aromatic carbocycles. The van der Waals surface area contributed by atoms with Crippen LogP contribution in [0.3, 0.4) is 0 Å². The smallest absolute Gasteiger partial charge is 0.221 e. The number of halogens is 1.